The van der Waals surface area contributed by atoms with Gasteiger partial charge in [0.25, 0.3) is 0 Å². The van der Waals surface area contributed by atoms with Crippen molar-refractivity contribution in [3.8, 4) is 0 Å². The quantitative estimate of drug-likeness (QED) is 0.0640. The van der Waals surface area contributed by atoms with E-state index in [4.69, 9.17) is 58.7 Å². The Labute approximate surface area is 453 Å². The minimum Gasteiger partial charge on any atom is -0.303 e. The molecule has 24 nitrogen and oxygen atoms in total. The summed E-state index contributed by atoms with van der Waals surface area (Å²) in [5.41, 5.74) is 0. The fourth-order valence-electron chi connectivity index (χ4n) is 2.79. The summed E-state index contributed by atoms with van der Waals surface area (Å²) in [7, 11) is -36.1. The van der Waals surface area contributed by atoms with Gasteiger partial charge in [-0.1, -0.05) is 0 Å². The zero-order valence-electron chi connectivity index (χ0n) is 25.4. The smallest absolute Gasteiger partial charge is 0.303 e. The molecule has 216 valence electrons. The molecule has 1 aliphatic carbocycles. The molecular formula is C6H18Na9O24P6+9. The first-order valence-electron chi connectivity index (χ1n) is 8.01. The van der Waals surface area contributed by atoms with Crippen molar-refractivity contribution in [1.29, 1.82) is 0 Å². The average Bonchev–Trinajstić information content (AvgIpc) is 2.51. The first-order chi connectivity index (χ1) is 15.6. The summed E-state index contributed by atoms with van der Waals surface area (Å²) >= 11 is 0. The van der Waals surface area contributed by atoms with Crippen LogP contribution in [0.25, 0.3) is 0 Å². The predicted octanol–water partition coefficient (Wildman–Crippen LogP) is -30.1. The molecule has 0 aromatic rings. The summed E-state index contributed by atoms with van der Waals surface area (Å²) in [5.74, 6) is 0. The van der Waals surface area contributed by atoms with Gasteiger partial charge in [0.2, 0.25) is 0 Å². The van der Waals surface area contributed by atoms with Crippen molar-refractivity contribution in [3.05, 3.63) is 0 Å². The van der Waals surface area contributed by atoms with E-state index in [-0.39, 0.29) is 266 Å². The van der Waals surface area contributed by atoms with Gasteiger partial charge in [-0.2, -0.15) is 0 Å². The zero-order valence-corrected chi connectivity index (χ0v) is 48.8. The molecule has 0 heterocycles. The van der Waals surface area contributed by atoms with Gasteiger partial charge in [-0.3, -0.25) is 27.1 Å². The van der Waals surface area contributed by atoms with Gasteiger partial charge in [0.05, 0.1) is 0 Å². The molecule has 0 saturated heterocycles. The van der Waals surface area contributed by atoms with Crippen LogP contribution in [0.15, 0.2) is 0 Å². The van der Waals surface area contributed by atoms with Crippen molar-refractivity contribution in [2.45, 2.75) is 36.6 Å². The molecule has 0 aromatic carbocycles. The van der Waals surface area contributed by atoms with Crippen LogP contribution in [0.1, 0.15) is 0 Å². The molecule has 39 heteroatoms. The maximum Gasteiger partial charge on any atom is 1.00 e. The molecule has 1 rings (SSSR count). The van der Waals surface area contributed by atoms with Gasteiger partial charge in [0, 0.05) is 0 Å². The predicted molar refractivity (Wildman–Crippen MR) is 102 cm³/mol. The second kappa shape index (κ2) is 30.7. The fourth-order valence-corrected chi connectivity index (χ4v) is 6.14. The zero-order chi connectivity index (χ0) is 28.7. The number of hydrogen-bond acceptors (Lipinski definition) is 12. The van der Waals surface area contributed by atoms with Crippen LogP contribution in [0.2, 0.25) is 0 Å². The second-order valence-corrected chi connectivity index (χ2v) is 13.5. The second-order valence-electron chi connectivity index (χ2n) is 6.36. The van der Waals surface area contributed by atoms with Gasteiger partial charge in [0.15, 0.2) is 0 Å². The van der Waals surface area contributed by atoms with Crippen LogP contribution in [0.5, 0.6) is 0 Å². The molecule has 1 fully saturated rings. The van der Waals surface area contributed by atoms with E-state index in [1.54, 1.807) is 0 Å². The number of phosphoric ester groups is 6. The Morgan fingerprint density at radius 1 is 0.244 bits per heavy atom. The van der Waals surface area contributed by atoms with E-state index < -0.39 is 83.6 Å². The van der Waals surface area contributed by atoms with Crippen LogP contribution in [-0.4, -0.2) is 95.3 Å². The van der Waals surface area contributed by atoms with Crippen LogP contribution in [0, 0.1) is 0 Å². The average molecular weight is 867 g/mol. The summed E-state index contributed by atoms with van der Waals surface area (Å²) in [6, 6.07) is 0. The van der Waals surface area contributed by atoms with Crippen molar-refractivity contribution >= 4 is 46.9 Å². The van der Waals surface area contributed by atoms with Crippen LogP contribution in [0.4, 0.5) is 0 Å². The fraction of sp³-hybridized carbons (Fsp3) is 1.00. The van der Waals surface area contributed by atoms with Crippen molar-refractivity contribution in [1.82, 2.24) is 0 Å². The van der Waals surface area contributed by atoms with Gasteiger partial charge in [-0.05, 0) is 0 Å². The van der Waals surface area contributed by atoms with Gasteiger partial charge >= 0.3 is 313 Å². The molecule has 1 saturated carbocycles. The third kappa shape index (κ3) is 35.3. The monoisotopic (exact) mass is 867 g/mol. The van der Waals surface area contributed by atoms with Gasteiger partial charge in [-0.25, -0.2) is 27.4 Å². The van der Waals surface area contributed by atoms with Crippen molar-refractivity contribution in [3.63, 3.8) is 0 Å². The first kappa shape index (κ1) is 75.5. The molecule has 0 radical (unpaired) electrons. The molecule has 0 amide bonds. The Morgan fingerprint density at radius 2 is 0.311 bits per heavy atom. The van der Waals surface area contributed by atoms with Crippen molar-refractivity contribution in [2.24, 2.45) is 0 Å². The Morgan fingerprint density at radius 3 is 0.356 bits per heavy atom. The van der Waals surface area contributed by atoms with Gasteiger partial charge < -0.3 is 58.7 Å². The molecule has 0 aromatic heterocycles. The summed E-state index contributed by atoms with van der Waals surface area (Å²) in [4.78, 5) is 110. The Kier molecular flexibility index (Phi) is 51.4. The summed E-state index contributed by atoms with van der Waals surface area (Å²) in [5, 5.41) is 0. The van der Waals surface area contributed by atoms with Gasteiger partial charge in [0.1, 0.15) is 36.6 Å². The van der Waals surface area contributed by atoms with E-state index in [9.17, 15) is 27.4 Å². The third-order valence-corrected chi connectivity index (χ3v) is 6.61. The molecule has 0 bridgehead atoms. The largest absolute Gasteiger partial charge is 1.00 e. The topological polar surface area (TPSA) is 401 Å². The van der Waals surface area contributed by atoms with E-state index in [1.807, 2.05) is 0 Å². The number of rotatable bonds is 12. The maximum atomic E-state index is 11.4. The molecule has 1 aliphatic rings. The summed E-state index contributed by atoms with van der Waals surface area (Å²) < 4.78 is 93.1. The minimum atomic E-state index is -6.02. The molecular weight excluding hydrogens is 849 g/mol. The van der Waals surface area contributed by atoms with E-state index >= 15 is 0 Å². The van der Waals surface area contributed by atoms with E-state index in [1.165, 1.54) is 0 Å². The summed E-state index contributed by atoms with van der Waals surface area (Å²) in [6.07, 6.45) is -18.9. The Balaban J connectivity index is -0.000000206. The number of phosphoric acid groups is 6. The van der Waals surface area contributed by atoms with Crippen LogP contribution < -0.4 is 266 Å². The standard InChI is InChI=1S/C6H18O24P6.9Na/c7-31(8,9)25-1-2(26-32(10,11)12)4(28-34(16,17)18)6(30-36(22,23)24)5(29-35(19,20)21)3(1)27-33(13,14)15;;;;;;;;;/h1-6H,(H2,7,8,9)(H2,10,11,12)(H2,13,14,15)(H2,16,17,18)(H2,19,20,21)(H2,22,23,24);;;;;;;;;/q;9*+1. The normalized spacial score (nSPS) is 23.5. The first-order valence-corrected chi connectivity index (χ1v) is 17.2. The summed E-state index contributed by atoms with van der Waals surface area (Å²) in [6.45, 7) is 0. The van der Waals surface area contributed by atoms with E-state index in [0.29, 0.717) is 0 Å². The van der Waals surface area contributed by atoms with Crippen LogP contribution >= 0.6 is 46.9 Å². The van der Waals surface area contributed by atoms with Crippen molar-refractivity contribution in [2.75, 3.05) is 0 Å². The third-order valence-electron chi connectivity index (χ3n) is 3.50. The molecule has 0 aliphatic heterocycles. The Hall–Kier alpha value is 9.66. The molecule has 0 atom stereocenters. The number of hydrogen-bond donors (Lipinski definition) is 12. The Bertz CT molecular complexity index is 850. The van der Waals surface area contributed by atoms with Gasteiger partial charge in [-0.15, -0.1) is 0 Å². The molecule has 45 heavy (non-hydrogen) atoms. The van der Waals surface area contributed by atoms with Crippen molar-refractivity contribution < 1.29 is 379 Å². The van der Waals surface area contributed by atoms with Crippen LogP contribution in [0.3, 0.4) is 0 Å². The SMILES string of the molecule is O=P(O)(O)OC1C(OP(=O)(O)O)C(OP(=O)(O)O)C(OP(=O)(O)O)C(OP(=O)(O)O)C1OP(=O)(O)O.[Na+].[Na+].[Na+].[Na+].[Na+].[Na+].[Na+].[Na+].[Na+]. The molecule has 0 spiro atoms. The molecule has 0 unspecified atom stereocenters. The maximum absolute atomic E-state index is 11.4. The van der Waals surface area contributed by atoms with E-state index in [0.717, 1.165) is 0 Å². The minimum absolute atomic E-state index is 0. The van der Waals surface area contributed by atoms with E-state index in [2.05, 4.69) is 27.1 Å². The molecule has 12 N–H and O–H groups in total. The van der Waals surface area contributed by atoms with Crippen LogP contribution in [-0.2, 0) is 54.5 Å².